The molecule has 1 heterocycles. The SMILES string of the molecule is Cl.N[C@@H]1CCC[C@H]1CC(=O)Nc1nccn1Cc1ccccc1Cl. The lowest BCUT2D eigenvalue weighted by Crippen LogP contribution is -2.28. The van der Waals surface area contributed by atoms with Crippen molar-refractivity contribution in [3.05, 3.63) is 47.2 Å². The summed E-state index contributed by atoms with van der Waals surface area (Å²) >= 11 is 6.19. The van der Waals surface area contributed by atoms with Gasteiger partial charge in [0.15, 0.2) is 0 Å². The Labute approximate surface area is 153 Å². The largest absolute Gasteiger partial charge is 0.327 e. The van der Waals surface area contributed by atoms with E-state index in [-0.39, 0.29) is 30.3 Å². The molecule has 3 rings (SSSR count). The molecule has 24 heavy (non-hydrogen) atoms. The highest BCUT2D eigenvalue weighted by atomic mass is 35.5. The molecular weight excluding hydrogens is 347 g/mol. The first kappa shape index (κ1) is 18.8. The predicted molar refractivity (Wildman–Crippen MR) is 98.6 cm³/mol. The highest BCUT2D eigenvalue weighted by Crippen LogP contribution is 2.27. The monoisotopic (exact) mass is 368 g/mol. The van der Waals surface area contributed by atoms with Gasteiger partial charge < -0.3 is 10.3 Å². The highest BCUT2D eigenvalue weighted by Gasteiger charge is 2.26. The Morgan fingerprint density at radius 1 is 1.38 bits per heavy atom. The van der Waals surface area contributed by atoms with Gasteiger partial charge in [0.2, 0.25) is 11.9 Å². The maximum atomic E-state index is 12.2. The summed E-state index contributed by atoms with van der Waals surface area (Å²) in [6.07, 6.45) is 7.12. The fourth-order valence-corrected chi connectivity index (χ4v) is 3.30. The van der Waals surface area contributed by atoms with Gasteiger partial charge in [0.1, 0.15) is 0 Å². The molecule has 0 bridgehead atoms. The van der Waals surface area contributed by atoms with E-state index in [0.29, 0.717) is 23.9 Å². The van der Waals surface area contributed by atoms with Crippen LogP contribution in [0, 0.1) is 5.92 Å². The van der Waals surface area contributed by atoms with Crippen LogP contribution in [0.5, 0.6) is 0 Å². The number of amides is 1. The van der Waals surface area contributed by atoms with Crippen molar-refractivity contribution in [1.29, 1.82) is 0 Å². The van der Waals surface area contributed by atoms with Crippen molar-refractivity contribution >= 4 is 35.9 Å². The van der Waals surface area contributed by atoms with Gasteiger partial charge >= 0.3 is 0 Å². The molecule has 1 fully saturated rings. The Morgan fingerprint density at radius 2 is 2.17 bits per heavy atom. The lowest BCUT2D eigenvalue weighted by Gasteiger charge is -2.15. The molecule has 130 valence electrons. The van der Waals surface area contributed by atoms with E-state index in [2.05, 4.69) is 10.3 Å². The summed E-state index contributed by atoms with van der Waals surface area (Å²) < 4.78 is 1.88. The van der Waals surface area contributed by atoms with Crippen molar-refractivity contribution < 1.29 is 4.79 Å². The van der Waals surface area contributed by atoms with E-state index in [9.17, 15) is 4.79 Å². The molecule has 5 nitrogen and oxygen atoms in total. The number of hydrogen-bond donors (Lipinski definition) is 2. The van der Waals surface area contributed by atoms with Gasteiger partial charge in [-0.25, -0.2) is 4.98 Å². The van der Waals surface area contributed by atoms with E-state index >= 15 is 0 Å². The Kier molecular flexibility index (Phi) is 6.66. The van der Waals surface area contributed by atoms with Crippen LogP contribution in [0.25, 0.3) is 0 Å². The first-order valence-corrected chi connectivity index (χ1v) is 8.31. The minimum Gasteiger partial charge on any atom is -0.327 e. The summed E-state index contributed by atoms with van der Waals surface area (Å²) in [5, 5.41) is 3.60. The molecule has 2 atom stereocenters. The quantitative estimate of drug-likeness (QED) is 0.848. The second-order valence-corrected chi connectivity index (χ2v) is 6.48. The molecule has 1 aromatic heterocycles. The highest BCUT2D eigenvalue weighted by molar-refractivity contribution is 6.31. The number of carbonyl (C=O) groups excluding carboxylic acids is 1. The van der Waals surface area contributed by atoms with Crippen LogP contribution in [0.1, 0.15) is 31.2 Å². The lowest BCUT2D eigenvalue weighted by molar-refractivity contribution is -0.117. The maximum absolute atomic E-state index is 12.2. The lowest BCUT2D eigenvalue weighted by atomic mass is 10.00. The Hall–Kier alpha value is -1.56. The minimum absolute atomic E-state index is 0. The van der Waals surface area contributed by atoms with Gasteiger partial charge in [-0.3, -0.25) is 10.1 Å². The zero-order chi connectivity index (χ0) is 16.2. The van der Waals surface area contributed by atoms with E-state index in [0.717, 1.165) is 24.8 Å². The molecule has 0 radical (unpaired) electrons. The number of aromatic nitrogens is 2. The predicted octanol–water partition coefficient (Wildman–Crippen LogP) is 3.46. The molecule has 2 aromatic rings. The molecular formula is C17H22Cl2N4O. The molecule has 0 unspecified atom stereocenters. The summed E-state index contributed by atoms with van der Waals surface area (Å²) in [5.74, 6) is 0.794. The normalized spacial score (nSPS) is 19.8. The number of rotatable bonds is 5. The zero-order valence-electron chi connectivity index (χ0n) is 13.3. The third-order valence-corrected chi connectivity index (χ3v) is 4.80. The third kappa shape index (κ3) is 4.50. The van der Waals surface area contributed by atoms with Crippen LogP contribution in [-0.4, -0.2) is 21.5 Å². The second kappa shape index (κ2) is 8.51. The number of carbonyl (C=O) groups is 1. The topological polar surface area (TPSA) is 72.9 Å². The molecule has 0 aliphatic heterocycles. The first-order chi connectivity index (χ1) is 11.1. The van der Waals surface area contributed by atoms with Crippen LogP contribution in [-0.2, 0) is 11.3 Å². The Balaban J connectivity index is 0.00000208. The summed E-state index contributed by atoms with van der Waals surface area (Å²) in [6.45, 7) is 0.568. The first-order valence-electron chi connectivity index (χ1n) is 7.93. The van der Waals surface area contributed by atoms with Crippen LogP contribution in [0.2, 0.25) is 5.02 Å². The molecule has 0 spiro atoms. The Bertz CT molecular complexity index is 689. The maximum Gasteiger partial charge on any atom is 0.227 e. The standard InChI is InChI=1S/C17H21ClN4O.ClH/c18-14-6-2-1-4-13(14)11-22-9-8-20-17(22)21-16(23)10-12-5-3-7-15(12)19;/h1-2,4,6,8-9,12,15H,3,5,7,10-11,19H2,(H,20,21,23);1H/t12-,15+;/m0./s1. The fourth-order valence-electron chi connectivity index (χ4n) is 3.10. The van der Waals surface area contributed by atoms with E-state index < -0.39 is 0 Å². The van der Waals surface area contributed by atoms with Crippen LogP contribution >= 0.6 is 24.0 Å². The number of nitrogens with one attached hydrogen (secondary N) is 1. The van der Waals surface area contributed by atoms with E-state index in [4.69, 9.17) is 17.3 Å². The average Bonchev–Trinajstić information content (AvgIpc) is 3.12. The molecule has 1 aliphatic carbocycles. The van der Waals surface area contributed by atoms with Crippen molar-refractivity contribution in [2.24, 2.45) is 11.7 Å². The fraction of sp³-hybridized carbons (Fsp3) is 0.412. The third-order valence-electron chi connectivity index (χ3n) is 4.43. The molecule has 0 saturated heterocycles. The number of nitrogens with two attached hydrogens (primary N) is 1. The van der Waals surface area contributed by atoms with Gasteiger partial charge in [0.25, 0.3) is 0 Å². The van der Waals surface area contributed by atoms with Crippen molar-refractivity contribution in [3.63, 3.8) is 0 Å². The summed E-state index contributed by atoms with van der Waals surface area (Å²) in [7, 11) is 0. The van der Waals surface area contributed by atoms with Crippen molar-refractivity contribution in [1.82, 2.24) is 9.55 Å². The van der Waals surface area contributed by atoms with Crippen LogP contribution in [0.4, 0.5) is 5.95 Å². The summed E-state index contributed by atoms with van der Waals surface area (Å²) in [4.78, 5) is 16.5. The van der Waals surface area contributed by atoms with E-state index in [1.807, 2.05) is 35.0 Å². The van der Waals surface area contributed by atoms with Crippen molar-refractivity contribution in [2.75, 3.05) is 5.32 Å². The molecule has 1 aromatic carbocycles. The van der Waals surface area contributed by atoms with Gasteiger partial charge in [-0.15, -0.1) is 12.4 Å². The van der Waals surface area contributed by atoms with Crippen LogP contribution < -0.4 is 11.1 Å². The minimum atomic E-state index is -0.0287. The van der Waals surface area contributed by atoms with Crippen molar-refractivity contribution in [2.45, 2.75) is 38.3 Å². The average molecular weight is 369 g/mol. The number of imidazole rings is 1. The smallest absolute Gasteiger partial charge is 0.227 e. The van der Waals surface area contributed by atoms with Gasteiger partial charge in [0, 0.05) is 29.9 Å². The molecule has 3 N–H and O–H groups in total. The summed E-state index contributed by atoms with van der Waals surface area (Å²) in [6, 6.07) is 7.80. The van der Waals surface area contributed by atoms with Crippen LogP contribution in [0.15, 0.2) is 36.7 Å². The second-order valence-electron chi connectivity index (χ2n) is 6.08. The number of nitrogens with zero attached hydrogens (tertiary/aromatic N) is 2. The molecule has 1 saturated carbocycles. The van der Waals surface area contributed by atoms with Crippen molar-refractivity contribution in [3.8, 4) is 0 Å². The van der Waals surface area contributed by atoms with E-state index in [1.165, 1.54) is 0 Å². The van der Waals surface area contributed by atoms with E-state index in [1.54, 1.807) is 6.20 Å². The summed E-state index contributed by atoms with van der Waals surface area (Å²) in [5.41, 5.74) is 7.02. The van der Waals surface area contributed by atoms with Crippen LogP contribution in [0.3, 0.4) is 0 Å². The molecule has 1 amide bonds. The van der Waals surface area contributed by atoms with Gasteiger partial charge in [-0.2, -0.15) is 0 Å². The number of benzene rings is 1. The number of anilines is 1. The number of halogens is 2. The van der Waals surface area contributed by atoms with Gasteiger partial charge in [-0.05, 0) is 30.4 Å². The zero-order valence-corrected chi connectivity index (χ0v) is 14.9. The Morgan fingerprint density at radius 3 is 2.88 bits per heavy atom. The van der Waals surface area contributed by atoms with Gasteiger partial charge in [0.05, 0.1) is 6.54 Å². The molecule has 1 aliphatic rings. The number of hydrogen-bond acceptors (Lipinski definition) is 3. The van der Waals surface area contributed by atoms with Gasteiger partial charge in [-0.1, -0.05) is 36.2 Å². The molecule has 7 heteroatoms.